The number of hydrogen-bond donors (Lipinski definition) is 3. The number of amides is 1. The Morgan fingerprint density at radius 2 is 1.60 bits per heavy atom. The number of rotatable bonds is 7. The summed E-state index contributed by atoms with van der Waals surface area (Å²) >= 11 is 6.13. The molecule has 4 N–H and O–H groups in total. The molecule has 162 valence electrons. The highest BCUT2D eigenvalue weighted by Gasteiger charge is 2.13. The summed E-state index contributed by atoms with van der Waals surface area (Å²) in [5.74, 6) is 0.203. The highest BCUT2D eigenvalue weighted by Crippen LogP contribution is 2.17. The molecule has 0 saturated heterocycles. The van der Waals surface area contributed by atoms with Gasteiger partial charge in [0.15, 0.2) is 0 Å². The summed E-state index contributed by atoms with van der Waals surface area (Å²) < 4.78 is 0. The zero-order chi connectivity index (χ0) is 22.9. The molecule has 0 aliphatic heterocycles. The van der Waals surface area contributed by atoms with Gasteiger partial charge in [0.2, 0.25) is 0 Å². The van der Waals surface area contributed by atoms with Gasteiger partial charge in [-0.25, -0.2) is 0 Å². The molecule has 0 aromatic heterocycles. The number of nitrogens with two attached hydrogens (primary N) is 1. The van der Waals surface area contributed by atoms with E-state index in [1.54, 1.807) is 13.1 Å². The van der Waals surface area contributed by atoms with Gasteiger partial charge in [0.25, 0.3) is 5.91 Å². The zero-order valence-corrected chi connectivity index (χ0v) is 19.2. The second-order valence-electron chi connectivity index (χ2n) is 5.97. The number of halogens is 1. The van der Waals surface area contributed by atoms with E-state index in [9.17, 15) is 4.79 Å². The van der Waals surface area contributed by atoms with Crippen LogP contribution in [0.2, 0.25) is 0 Å². The number of hydrogen-bond acceptors (Lipinski definition) is 3. The van der Waals surface area contributed by atoms with E-state index in [1.165, 1.54) is 18.7 Å². The largest absolute Gasteiger partial charge is 0.373 e. The van der Waals surface area contributed by atoms with Crippen molar-refractivity contribution in [3.63, 3.8) is 0 Å². The third kappa shape index (κ3) is 9.12. The molecule has 4 nitrogen and oxygen atoms in total. The van der Waals surface area contributed by atoms with Crippen LogP contribution in [0.15, 0.2) is 90.3 Å². The van der Waals surface area contributed by atoms with Gasteiger partial charge >= 0.3 is 0 Å². The van der Waals surface area contributed by atoms with Crippen LogP contribution in [0.25, 0.3) is 0 Å². The van der Waals surface area contributed by atoms with E-state index in [0.717, 1.165) is 18.4 Å². The van der Waals surface area contributed by atoms with Crippen LogP contribution < -0.4 is 16.4 Å². The molecule has 0 saturated carbocycles. The van der Waals surface area contributed by atoms with Gasteiger partial charge < -0.3 is 16.4 Å². The van der Waals surface area contributed by atoms with Crippen LogP contribution in [0, 0.1) is 0 Å². The van der Waals surface area contributed by atoms with Crippen molar-refractivity contribution in [3.05, 3.63) is 107 Å². The molecule has 2 aromatic carbocycles. The van der Waals surface area contributed by atoms with Crippen molar-refractivity contribution in [1.29, 1.82) is 0 Å². The molecule has 0 spiro atoms. The van der Waals surface area contributed by atoms with E-state index in [1.807, 2.05) is 31.2 Å². The molecule has 0 atom stereocenters. The SMILES string of the molecule is C=CC(=C)/C(Cl)=C(\NC)NC(=O)c1ccccc1CC.CCc1ccccc1.CN. The van der Waals surface area contributed by atoms with Gasteiger partial charge in [-0.2, -0.15) is 0 Å². The van der Waals surface area contributed by atoms with Crippen LogP contribution in [0.4, 0.5) is 0 Å². The molecule has 0 unspecified atom stereocenters. The molecule has 0 aliphatic carbocycles. The quantitative estimate of drug-likeness (QED) is 0.534. The first-order valence-electron chi connectivity index (χ1n) is 9.88. The number of allylic oxidation sites excluding steroid dienone is 3. The smallest absolute Gasteiger partial charge is 0.257 e. The van der Waals surface area contributed by atoms with E-state index < -0.39 is 0 Å². The maximum atomic E-state index is 12.3. The van der Waals surface area contributed by atoms with Crippen molar-refractivity contribution < 1.29 is 4.79 Å². The standard InChI is InChI=1S/C16H19ClN2O.C8H10.CH5N/c1-5-11(3)14(17)15(18-4)19-16(20)13-10-8-7-9-12(13)6-2;1-2-8-6-4-3-5-7-8;1-2/h5,7-10,18H,1,3,6H2,2,4H3,(H,19,20);3-7H,2H2,1H3;2H2,1H3/b15-14-;;. The maximum Gasteiger partial charge on any atom is 0.257 e. The number of carbonyl (C=O) groups excluding carboxylic acids is 1. The minimum atomic E-state index is -0.207. The normalized spacial score (nSPS) is 10.2. The number of carbonyl (C=O) groups is 1. The first-order valence-corrected chi connectivity index (χ1v) is 10.3. The lowest BCUT2D eigenvalue weighted by Crippen LogP contribution is -2.31. The molecular formula is C25H34ClN3O. The predicted octanol–water partition coefficient (Wildman–Crippen LogP) is 5.17. The van der Waals surface area contributed by atoms with E-state index in [4.69, 9.17) is 11.6 Å². The average Bonchev–Trinajstić information content (AvgIpc) is 2.83. The maximum absolute atomic E-state index is 12.3. The van der Waals surface area contributed by atoms with Crippen LogP contribution in [-0.2, 0) is 12.8 Å². The van der Waals surface area contributed by atoms with E-state index in [-0.39, 0.29) is 5.91 Å². The number of benzene rings is 2. The Morgan fingerprint density at radius 1 is 1.03 bits per heavy atom. The Hall–Kier alpha value is -2.82. The van der Waals surface area contributed by atoms with Crippen LogP contribution in [0.1, 0.15) is 35.3 Å². The summed E-state index contributed by atoms with van der Waals surface area (Å²) in [4.78, 5) is 12.3. The highest BCUT2D eigenvalue weighted by molar-refractivity contribution is 6.32. The van der Waals surface area contributed by atoms with Crippen molar-refractivity contribution >= 4 is 17.5 Å². The van der Waals surface area contributed by atoms with Gasteiger partial charge in [-0.15, -0.1) is 0 Å². The summed E-state index contributed by atoms with van der Waals surface area (Å²) in [5.41, 5.74) is 8.07. The molecule has 2 aromatic rings. The second kappa shape index (κ2) is 16.0. The molecule has 0 heterocycles. The van der Waals surface area contributed by atoms with Crippen molar-refractivity contribution in [3.8, 4) is 0 Å². The van der Waals surface area contributed by atoms with Crippen molar-refractivity contribution in [2.45, 2.75) is 26.7 Å². The summed E-state index contributed by atoms with van der Waals surface area (Å²) in [6.45, 7) is 11.5. The van der Waals surface area contributed by atoms with Gasteiger partial charge in [0.1, 0.15) is 5.82 Å². The predicted molar refractivity (Wildman–Crippen MR) is 130 cm³/mol. The fourth-order valence-electron chi connectivity index (χ4n) is 2.42. The summed E-state index contributed by atoms with van der Waals surface area (Å²) in [7, 11) is 3.18. The minimum Gasteiger partial charge on any atom is -0.373 e. The fraction of sp³-hybridized carbons (Fsp3) is 0.240. The Bertz CT molecular complexity index is 829. The summed E-state index contributed by atoms with van der Waals surface area (Å²) in [6, 6.07) is 17.9. The topological polar surface area (TPSA) is 67.1 Å². The van der Waals surface area contributed by atoms with Crippen LogP contribution in [0.5, 0.6) is 0 Å². The summed E-state index contributed by atoms with van der Waals surface area (Å²) in [5, 5.41) is 5.96. The average molecular weight is 428 g/mol. The van der Waals surface area contributed by atoms with E-state index in [0.29, 0.717) is 22.0 Å². The van der Waals surface area contributed by atoms with Crippen molar-refractivity contribution in [2.75, 3.05) is 14.1 Å². The first-order chi connectivity index (χ1) is 14.5. The minimum absolute atomic E-state index is 0.207. The van der Waals surface area contributed by atoms with Crippen LogP contribution >= 0.6 is 11.6 Å². The van der Waals surface area contributed by atoms with Gasteiger partial charge in [0, 0.05) is 12.6 Å². The van der Waals surface area contributed by atoms with Crippen LogP contribution in [0.3, 0.4) is 0 Å². The lowest BCUT2D eigenvalue weighted by molar-refractivity contribution is 0.0962. The zero-order valence-electron chi connectivity index (χ0n) is 18.5. The Kier molecular flexibility index (Phi) is 14.5. The molecule has 0 fully saturated rings. The van der Waals surface area contributed by atoms with Gasteiger partial charge in [0.05, 0.1) is 5.03 Å². The Labute approximate surface area is 186 Å². The van der Waals surface area contributed by atoms with Gasteiger partial charge in [-0.1, -0.05) is 93.2 Å². The Balaban J connectivity index is 0.000000696. The van der Waals surface area contributed by atoms with E-state index in [2.05, 4.69) is 60.7 Å². The molecular weight excluding hydrogens is 394 g/mol. The van der Waals surface area contributed by atoms with Crippen molar-refractivity contribution in [2.24, 2.45) is 5.73 Å². The Morgan fingerprint density at radius 3 is 2.07 bits per heavy atom. The molecule has 0 bridgehead atoms. The lowest BCUT2D eigenvalue weighted by Gasteiger charge is -2.13. The number of nitrogens with one attached hydrogen (secondary N) is 2. The van der Waals surface area contributed by atoms with Crippen LogP contribution in [-0.4, -0.2) is 20.0 Å². The first kappa shape index (κ1) is 27.2. The molecule has 5 heteroatoms. The third-order valence-corrected chi connectivity index (χ3v) is 4.56. The molecule has 0 aliphatic rings. The summed E-state index contributed by atoms with van der Waals surface area (Å²) in [6.07, 6.45) is 3.46. The van der Waals surface area contributed by atoms with Crippen molar-refractivity contribution in [1.82, 2.24) is 10.6 Å². The van der Waals surface area contributed by atoms with Gasteiger partial charge in [-0.3, -0.25) is 4.79 Å². The fourth-order valence-corrected chi connectivity index (χ4v) is 2.64. The lowest BCUT2D eigenvalue weighted by atomic mass is 10.0. The van der Waals surface area contributed by atoms with Gasteiger partial charge in [-0.05, 0) is 42.7 Å². The second-order valence-corrected chi connectivity index (χ2v) is 6.35. The third-order valence-electron chi connectivity index (χ3n) is 4.13. The monoisotopic (exact) mass is 427 g/mol. The highest BCUT2D eigenvalue weighted by atomic mass is 35.5. The number of aryl methyl sites for hydroxylation is 2. The molecule has 0 radical (unpaired) electrons. The van der Waals surface area contributed by atoms with E-state index >= 15 is 0 Å². The molecule has 2 rings (SSSR count). The molecule has 30 heavy (non-hydrogen) atoms. The molecule has 1 amide bonds.